The molecule has 8 rings (SSSR count). The molecule has 11 nitrogen and oxygen atoms in total. The summed E-state index contributed by atoms with van der Waals surface area (Å²) in [6, 6.07) is 25.6. The Kier molecular flexibility index (Phi) is 5.41. The molecule has 0 radical (unpaired) electrons. The van der Waals surface area contributed by atoms with Gasteiger partial charge in [0.1, 0.15) is 17.1 Å². The minimum Gasteiger partial charge on any atom is -0.438 e. The van der Waals surface area contributed by atoms with Gasteiger partial charge in [0, 0.05) is 16.3 Å². The third-order valence-corrected chi connectivity index (χ3v) is 8.36. The zero-order valence-electron chi connectivity index (χ0n) is 22.8. The normalized spacial score (nSPS) is 17.2. The minimum absolute atomic E-state index is 0.0591. The molecule has 2 aliphatic rings. The van der Waals surface area contributed by atoms with Crippen molar-refractivity contribution >= 4 is 50.9 Å². The van der Waals surface area contributed by atoms with E-state index in [9.17, 15) is 5.26 Å². The molecule has 2 aromatic heterocycles. The second-order valence-electron chi connectivity index (χ2n) is 10.5. The molecule has 2 aliphatic heterocycles. The molecule has 0 bridgehead atoms. The molecule has 0 saturated heterocycles. The molecule has 44 heavy (non-hydrogen) atoms. The summed E-state index contributed by atoms with van der Waals surface area (Å²) in [5, 5.41) is 19.5. The van der Waals surface area contributed by atoms with Crippen LogP contribution in [0.25, 0.3) is 27.8 Å². The van der Waals surface area contributed by atoms with Gasteiger partial charge in [0.25, 0.3) is 0 Å². The second kappa shape index (κ2) is 9.26. The van der Waals surface area contributed by atoms with Crippen LogP contribution in [0.3, 0.4) is 0 Å². The molecule has 4 N–H and O–H groups in total. The van der Waals surface area contributed by atoms with Crippen LogP contribution in [0.4, 0.5) is 11.4 Å². The maximum absolute atomic E-state index is 15.1. The molecular formula is C32H20ClN9O2. The Morgan fingerprint density at radius 3 is 2.45 bits per heavy atom. The van der Waals surface area contributed by atoms with Crippen LogP contribution in [-0.2, 0) is 16.8 Å². The van der Waals surface area contributed by atoms with E-state index in [0.717, 1.165) is 5.69 Å². The number of hydrogen-bond donors (Lipinski definition) is 2. The number of nitrogens with zero attached hydrogens (tertiary/aromatic N) is 7. The number of ether oxygens (including phenoxy) is 1. The monoisotopic (exact) mass is 597 g/mol. The number of hydrogen-bond acceptors (Lipinski definition) is 9. The van der Waals surface area contributed by atoms with Gasteiger partial charge < -0.3 is 21.1 Å². The molecule has 4 aromatic carbocycles. The van der Waals surface area contributed by atoms with E-state index in [1.165, 1.54) is 0 Å². The summed E-state index contributed by atoms with van der Waals surface area (Å²) in [6.45, 7) is 0.0802. The number of nitriles is 1. The van der Waals surface area contributed by atoms with Crippen molar-refractivity contribution in [2.45, 2.75) is 12.0 Å². The van der Waals surface area contributed by atoms with Crippen LogP contribution < -0.4 is 21.1 Å². The van der Waals surface area contributed by atoms with E-state index in [1.54, 1.807) is 34.0 Å². The van der Waals surface area contributed by atoms with Crippen LogP contribution >= 0.6 is 11.6 Å². The lowest BCUT2D eigenvalue weighted by molar-refractivity contribution is -0.121. The molecule has 4 heterocycles. The van der Waals surface area contributed by atoms with E-state index in [-0.39, 0.29) is 29.4 Å². The van der Waals surface area contributed by atoms with Gasteiger partial charge in [-0.3, -0.25) is 4.79 Å². The summed E-state index contributed by atoms with van der Waals surface area (Å²) in [5.41, 5.74) is 16.3. The summed E-state index contributed by atoms with van der Waals surface area (Å²) in [4.78, 5) is 26.5. The average Bonchev–Trinajstić information content (AvgIpc) is 3.59. The van der Waals surface area contributed by atoms with Crippen molar-refractivity contribution in [3.05, 3.63) is 118 Å². The molecule has 212 valence electrons. The quantitative estimate of drug-likeness (QED) is 0.221. The van der Waals surface area contributed by atoms with Crippen molar-refractivity contribution in [1.29, 1.82) is 5.26 Å². The first-order valence-corrected chi connectivity index (χ1v) is 13.9. The number of nitrogen functional groups attached to an aromatic ring is 1. The number of nitrogens with two attached hydrogens (primary N) is 2. The Balaban J connectivity index is 1.40. The van der Waals surface area contributed by atoms with Gasteiger partial charge in [-0.25, -0.2) is 14.6 Å². The van der Waals surface area contributed by atoms with Crippen molar-refractivity contribution in [1.82, 2.24) is 25.0 Å². The fraction of sp³-hybridized carbons (Fsp3) is 0.0625. The molecule has 1 amide bonds. The van der Waals surface area contributed by atoms with Crippen LogP contribution in [0, 0.1) is 11.3 Å². The lowest BCUT2D eigenvalue weighted by Crippen LogP contribution is -2.46. The molecule has 0 fully saturated rings. The number of carbonyl (C=O) groups excluding carboxylic acids is 1. The van der Waals surface area contributed by atoms with E-state index in [1.807, 2.05) is 60.7 Å². The molecule has 1 spiro atoms. The lowest BCUT2D eigenvalue weighted by atomic mass is 9.68. The Morgan fingerprint density at radius 1 is 0.955 bits per heavy atom. The van der Waals surface area contributed by atoms with Gasteiger partial charge in [0.05, 0.1) is 57.4 Å². The zero-order valence-corrected chi connectivity index (χ0v) is 23.5. The fourth-order valence-corrected chi connectivity index (χ4v) is 6.38. The van der Waals surface area contributed by atoms with Crippen LogP contribution in [0.2, 0.25) is 5.02 Å². The van der Waals surface area contributed by atoms with Crippen molar-refractivity contribution in [2.24, 2.45) is 5.73 Å². The topological polar surface area (TPSA) is 162 Å². The number of para-hydroxylation sites is 3. The summed E-state index contributed by atoms with van der Waals surface area (Å²) < 4.78 is 7.64. The van der Waals surface area contributed by atoms with E-state index in [2.05, 4.69) is 16.4 Å². The third-order valence-electron chi connectivity index (χ3n) is 8.11. The smallest absolute Gasteiger partial charge is 0.248 e. The van der Waals surface area contributed by atoms with Gasteiger partial charge in [0.15, 0.2) is 5.75 Å². The van der Waals surface area contributed by atoms with E-state index >= 15 is 4.79 Å². The Labute approximate surface area is 254 Å². The van der Waals surface area contributed by atoms with Gasteiger partial charge in [-0.05, 0) is 48.5 Å². The van der Waals surface area contributed by atoms with Gasteiger partial charge >= 0.3 is 0 Å². The molecule has 0 aliphatic carbocycles. The van der Waals surface area contributed by atoms with Crippen LogP contribution in [0.1, 0.15) is 16.8 Å². The highest BCUT2D eigenvalue weighted by Crippen LogP contribution is 2.58. The third kappa shape index (κ3) is 3.40. The SMILES string of the molecule is N#CC1=C(N)Oc2c(N)cc3nc4ccccc4nc3c2C12C(=O)N(Cc1cnnn1-c1ccc(Cl)cc1)c1ccccc12. The standard InChI is InChI=1S/C32H20ClN9O2/c33-17-9-11-18(12-10-17)42-19(15-37-40-42)16-41-26-8-4-1-5-20(26)32(31(41)43)21(14-34)30(36)44-29-22(35)13-25-28(27(29)32)39-24-7-3-2-6-23(24)38-25/h1-13,15H,16,35-36H2. The Morgan fingerprint density at radius 2 is 1.68 bits per heavy atom. The second-order valence-corrected chi connectivity index (χ2v) is 10.9. The highest BCUT2D eigenvalue weighted by molar-refractivity contribution is 6.30. The zero-order chi connectivity index (χ0) is 30.2. The van der Waals surface area contributed by atoms with Gasteiger partial charge in [0.2, 0.25) is 11.8 Å². The number of carbonyl (C=O) groups is 1. The first-order chi connectivity index (χ1) is 21.4. The minimum atomic E-state index is -1.72. The van der Waals surface area contributed by atoms with Gasteiger partial charge in [-0.15, -0.1) is 5.10 Å². The molecular weight excluding hydrogens is 578 g/mol. The maximum atomic E-state index is 15.1. The summed E-state index contributed by atoms with van der Waals surface area (Å²) in [5.74, 6) is -0.470. The lowest BCUT2D eigenvalue weighted by Gasteiger charge is -2.35. The number of halogens is 1. The van der Waals surface area contributed by atoms with Gasteiger partial charge in [-0.2, -0.15) is 5.26 Å². The van der Waals surface area contributed by atoms with Crippen molar-refractivity contribution in [2.75, 3.05) is 10.6 Å². The van der Waals surface area contributed by atoms with E-state index in [4.69, 9.17) is 37.8 Å². The Hall–Kier alpha value is -5.99. The Bertz CT molecular complexity index is 2270. The molecule has 12 heteroatoms. The van der Waals surface area contributed by atoms with Crippen molar-refractivity contribution in [3.8, 4) is 17.5 Å². The highest BCUT2D eigenvalue weighted by atomic mass is 35.5. The summed E-state index contributed by atoms with van der Waals surface area (Å²) >= 11 is 6.11. The van der Waals surface area contributed by atoms with Crippen molar-refractivity contribution in [3.63, 3.8) is 0 Å². The number of amides is 1. The summed E-state index contributed by atoms with van der Waals surface area (Å²) in [7, 11) is 0. The highest BCUT2D eigenvalue weighted by Gasteiger charge is 2.60. The number of fused-ring (bicyclic) bond motifs is 7. The summed E-state index contributed by atoms with van der Waals surface area (Å²) in [6.07, 6.45) is 1.59. The average molecular weight is 598 g/mol. The maximum Gasteiger partial charge on any atom is 0.248 e. The number of rotatable bonds is 3. The number of anilines is 2. The molecule has 1 atom stereocenters. The van der Waals surface area contributed by atoms with E-state index < -0.39 is 11.3 Å². The van der Waals surface area contributed by atoms with Gasteiger partial charge in [-0.1, -0.05) is 47.1 Å². The van der Waals surface area contributed by atoms with E-state index in [0.29, 0.717) is 49.6 Å². The first kappa shape index (κ1) is 25.7. The van der Waals surface area contributed by atoms with Crippen LogP contribution in [0.5, 0.6) is 5.75 Å². The molecule has 6 aromatic rings. The first-order valence-electron chi connectivity index (χ1n) is 13.6. The largest absolute Gasteiger partial charge is 0.438 e. The number of aromatic nitrogens is 5. The van der Waals surface area contributed by atoms with Crippen LogP contribution in [-0.4, -0.2) is 30.9 Å². The van der Waals surface area contributed by atoms with Crippen LogP contribution in [0.15, 0.2) is 96.5 Å². The number of benzene rings is 4. The fourth-order valence-electron chi connectivity index (χ4n) is 6.25. The molecule has 0 saturated carbocycles. The predicted molar refractivity (Wildman–Crippen MR) is 164 cm³/mol. The van der Waals surface area contributed by atoms with Crippen molar-refractivity contribution < 1.29 is 9.53 Å². The predicted octanol–water partition coefficient (Wildman–Crippen LogP) is 4.52. The molecule has 1 unspecified atom stereocenters.